The molecule has 0 saturated carbocycles. The molecule has 0 aliphatic rings. The van der Waals surface area contributed by atoms with Gasteiger partial charge in [0.15, 0.2) is 0 Å². The van der Waals surface area contributed by atoms with Crippen LogP contribution in [0.5, 0.6) is 0 Å². The van der Waals surface area contributed by atoms with Crippen molar-refractivity contribution >= 4 is 21.6 Å². The van der Waals surface area contributed by atoms with Gasteiger partial charge in [0.05, 0.1) is 0 Å². The van der Waals surface area contributed by atoms with E-state index in [9.17, 15) is 0 Å². The van der Waals surface area contributed by atoms with E-state index in [2.05, 4.69) is 46.1 Å². The predicted molar refractivity (Wildman–Crippen MR) is 70.8 cm³/mol. The summed E-state index contributed by atoms with van der Waals surface area (Å²) in [7, 11) is 0. The molecule has 15 heavy (non-hydrogen) atoms. The third kappa shape index (κ3) is 4.93. The third-order valence-corrected chi connectivity index (χ3v) is 2.42. The molecule has 0 saturated heterocycles. The van der Waals surface area contributed by atoms with E-state index in [1.807, 2.05) is 25.1 Å². The van der Waals surface area contributed by atoms with Crippen LogP contribution in [0.3, 0.4) is 0 Å². The Labute approximate surface area is 100 Å². The summed E-state index contributed by atoms with van der Waals surface area (Å²) < 4.78 is 1.18. The van der Waals surface area contributed by atoms with Crippen LogP contribution in [0.4, 0.5) is 0 Å². The molecule has 0 N–H and O–H groups in total. The summed E-state index contributed by atoms with van der Waals surface area (Å²) in [6.45, 7) is 4.94. The molecule has 1 rings (SSSR count). The standard InChI is InChI=1S/C13H16BrN/c1-11(14)7-6-10-15-12(2)13-8-4-3-5-9-13/h3-5,7-9H,6,10H2,1-2H3/b11-7-,15-12?. The minimum absolute atomic E-state index is 0.851. The van der Waals surface area contributed by atoms with Gasteiger partial charge in [0, 0.05) is 12.3 Å². The first-order chi connectivity index (χ1) is 7.20. The summed E-state index contributed by atoms with van der Waals surface area (Å²) in [5.41, 5.74) is 2.31. The zero-order valence-corrected chi connectivity index (χ0v) is 10.8. The van der Waals surface area contributed by atoms with Crippen molar-refractivity contribution in [3.05, 3.63) is 46.5 Å². The molecule has 0 aliphatic heterocycles. The Hall–Kier alpha value is -0.890. The van der Waals surface area contributed by atoms with Crippen LogP contribution >= 0.6 is 15.9 Å². The largest absolute Gasteiger partial charge is 0.289 e. The average Bonchev–Trinajstić information content (AvgIpc) is 2.25. The van der Waals surface area contributed by atoms with Gasteiger partial charge in [0.25, 0.3) is 0 Å². The Morgan fingerprint density at radius 3 is 2.53 bits per heavy atom. The molecule has 0 heterocycles. The lowest BCUT2D eigenvalue weighted by Crippen LogP contribution is -1.95. The predicted octanol–water partition coefficient (Wildman–Crippen LogP) is 4.18. The molecular weight excluding hydrogens is 250 g/mol. The normalized spacial score (nSPS) is 13.0. The van der Waals surface area contributed by atoms with Crippen LogP contribution in [-0.4, -0.2) is 12.3 Å². The van der Waals surface area contributed by atoms with Gasteiger partial charge in [-0.2, -0.15) is 0 Å². The average molecular weight is 266 g/mol. The Balaban J connectivity index is 2.51. The molecule has 80 valence electrons. The number of aliphatic imine (C=N–C) groups is 1. The maximum absolute atomic E-state index is 4.52. The van der Waals surface area contributed by atoms with Crippen LogP contribution in [0.15, 0.2) is 45.9 Å². The molecule has 2 heteroatoms. The molecule has 0 atom stereocenters. The second kappa shape index (κ2) is 6.57. The van der Waals surface area contributed by atoms with Gasteiger partial charge in [0.2, 0.25) is 0 Å². The summed E-state index contributed by atoms with van der Waals surface area (Å²) in [4.78, 5) is 4.52. The van der Waals surface area contributed by atoms with Crippen molar-refractivity contribution in [1.29, 1.82) is 0 Å². The highest BCUT2D eigenvalue weighted by Crippen LogP contribution is 2.04. The van der Waals surface area contributed by atoms with Crippen molar-refractivity contribution < 1.29 is 0 Å². The Morgan fingerprint density at radius 2 is 1.93 bits per heavy atom. The topological polar surface area (TPSA) is 12.4 Å². The first kappa shape index (κ1) is 12.2. The number of nitrogens with zero attached hydrogens (tertiary/aromatic N) is 1. The summed E-state index contributed by atoms with van der Waals surface area (Å²) >= 11 is 3.40. The Morgan fingerprint density at radius 1 is 1.27 bits per heavy atom. The molecule has 0 aromatic heterocycles. The van der Waals surface area contributed by atoms with Gasteiger partial charge in [-0.3, -0.25) is 4.99 Å². The van der Waals surface area contributed by atoms with Crippen molar-refractivity contribution in [2.75, 3.05) is 6.54 Å². The Bertz CT molecular complexity index is 348. The molecule has 0 amide bonds. The van der Waals surface area contributed by atoms with Crippen LogP contribution in [-0.2, 0) is 0 Å². The maximum atomic E-state index is 4.52. The van der Waals surface area contributed by atoms with E-state index in [1.165, 1.54) is 10.0 Å². The lowest BCUT2D eigenvalue weighted by Gasteiger charge is -1.99. The lowest BCUT2D eigenvalue weighted by molar-refractivity contribution is 1.00. The minimum atomic E-state index is 0.851. The van der Waals surface area contributed by atoms with E-state index in [-0.39, 0.29) is 0 Å². The number of hydrogen-bond acceptors (Lipinski definition) is 1. The van der Waals surface area contributed by atoms with Crippen molar-refractivity contribution in [3.8, 4) is 0 Å². The minimum Gasteiger partial charge on any atom is -0.289 e. The van der Waals surface area contributed by atoms with Crippen LogP contribution in [0.1, 0.15) is 25.8 Å². The van der Waals surface area contributed by atoms with Crippen LogP contribution in [0, 0.1) is 0 Å². The molecule has 0 radical (unpaired) electrons. The van der Waals surface area contributed by atoms with Gasteiger partial charge in [-0.15, -0.1) is 0 Å². The van der Waals surface area contributed by atoms with Crippen molar-refractivity contribution in [2.45, 2.75) is 20.3 Å². The van der Waals surface area contributed by atoms with E-state index < -0.39 is 0 Å². The first-order valence-electron chi connectivity index (χ1n) is 5.09. The van der Waals surface area contributed by atoms with Gasteiger partial charge in [0.1, 0.15) is 0 Å². The summed E-state index contributed by atoms with van der Waals surface area (Å²) in [5.74, 6) is 0. The number of rotatable bonds is 4. The van der Waals surface area contributed by atoms with Crippen LogP contribution in [0.2, 0.25) is 0 Å². The molecular formula is C13H16BrN. The SMILES string of the molecule is CC(=NCC/C=C(/C)Br)c1ccccc1. The highest BCUT2D eigenvalue weighted by molar-refractivity contribution is 9.11. The van der Waals surface area contributed by atoms with E-state index >= 15 is 0 Å². The highest BCUT2D eigenvalue weighted by Gasteiger charge is 1.93. The smallest absolute Gasteiger partial charge is 0.0427 e. The summed E-state index contributed by atoms with van der Waals surface area (Å²) in [6.07, 6.45) is 3.13. The third-order valence-electron chi connectivity index (χ3n) is 2.10. The van der Waals surface area contributed by atoms with Gasteiger partial charge >= 0.3 is 0 Å². The maximum Gasteiger partial charge on any atom is 0.0427 e. The van der Waals surface area contributed by atoms with Crippen molar-refractivity contribution in [2.24, 2.45) is 4.99 Å². The van der Waals surface area contributed by atoms with E-state index in [0.717, 1.165) is 18.7 Å². The number of halogens is 1. The van der Waals surface area contributed by atoms with Crippen molar-refractivity contribution in [1.82, 2.24) is 0 Å². The van der Waals surface area contributed by atoms with Gasteiger partial charge < -0.3 is 0 Å². The quantitative estimate of drug-likeness (QED) is 0.572. The first-order valence-corrected chi connectivity index (χ1v) is 5.88. The fraction of sp³-hybridized carbons (Fsp3) is 0.308. The molecule has 0 spiro atoms. The summed E-state index contributed by atoms with van der Waals surface area (Å²) in [6, 6.07) is 10.3. The second-order valence-corrected chi connectivity index (χ2v) is 4.66. The van der Waals surface area contributed by atoms with Crippen molar-refractivity contribution in [3.63, 3.8) is 0 Å². The zero-order chi connectivity index (χ0) is 11.1. The monoisotopic (exact) mass is 265 g/mol. The zero-order valence-electron chi connectivity index (χ0n) is 9.20. The lowest BCUT2D eigenvalue weighted by atomic mass is 10.1. The van der Waals surface area contributed by atoms with E-state index in [0.29, 0.717) is 0 Å². The molecule has 0 fully saturated rings. The van der Waals surface area contributed by atoms with Crippen LogP contribution in [0.25, 0.3) is 0 Å². The molecule has 1 aromatic rings. The fourth-order valence-corrected chi connectivity index (χ4v) is 1.50. The number of allylic oxidation sites excluding steroid dienone is 1. The van der Waals surface area contributed by atoms with Gasteiger partial charge in [-0.25, -0.2) is 0 Å². The van der Waals surface area contributed by atoms with Crippen LogP contribution < -0.4 is 0 Å². The van der Waals surface area contributed by atoms with E-state index in [4.69, 9.17) is 0 Å². The number of hydrogen-bond donors (Lipinski definition) is 0. The molecule has 0 aliphatic carbocycles. The summed E-state index contributed by atoms with van der Waals surface area (Å²) in [5, 5.41) is 0. The molecule has 1 aromatic carbocycles. The molecule has 0 unspecified atom stereocenters. The van der Waals surface area contributed by atoms with Gasteiger partial charge in [-0.05, 0) is 30.3 Å². The Kier molecular flexibility index (Phi) is 5.33. The fourth-order valence-electron chi connectivity index (χ4n) is 1.27. The van der Waals surface area contributed by atoms with E-state index in [1.54, 1.807) is 0 Å². The molecule has 1 nitrogen and oxygen atoms in total. The number of benzene rings is 1. The highest BCUT2D eigenvalue weighted by atomic mass is 79.9. The second-order valence-electron chi connectivity index (χ2n) is 3.41. The molecule has 0 bridgehead atoms. The van der Waals surface area contributed by atoms with Gasteiger partial charge in [-0.1, -0.05) is 52.3 Å².